The zero-order valence-corrected chi connectivity index (χ0v) is 15.0. The standard InChI is InChI=1S/C21H23N3O3/c25-11-16-15-10-24-17(6-3-7-18(24)26)19(15)23-20(16)21(27)22-14-8-12-4-1-2-5-13(12)9-14/h1-7,14-16,19-20,23,25H,8-11H2,(H,22,27)/t15-,16-,19+,20-/m0/s1. The molecule has 0 bridgehead atoms. The van der Waals surface area contributed by atoms with Crippen molar-refractivity contribution in [3.8, 4) is 0 Å². The molecule has 3 N–H and O–H groups in total. The highest BCUT2D eigenvalue weighted by Crippen LogP contribution is 2.42. The van der Waals surface area contributed by atoms with E-state index in [1.807, 2.05) is 18.2 Å². The summed E-state index contributed by atoms with van der Waals surface area (Å²) in [5, 5.41) is 16.6. The highest BCUT2D eigenvalue weighted by molar-refractivity contribution is 5.83. The summed E-state index contributed by atoms with van der Waals surface area (Å²) in [5.41, 5.74) is 3.48. The number of pyridine rings is 1. The van der Waals surface area contributed by atoms with Crippen molar-refractivity contribution >= 4 is 5.91 Å². The molecule has 1 amide bonds. The molecule has 0 spiro atoms. The van der Waals surface area contributed by atoms with E-state index < -0.39 is 6.04 Å². The molecule has 2 aliphatic heterocycles. The summed E-state index contributed by atoms with van der Waals surface area (Å²) in [6.45, 7) is 0.483. The van der Waals surface area contributed by atoms with E-state index >= 15 is 0 Å². The Labute approximate surface area is 157 Å². The molecule has 1 aromatic carbocycles. The number of aromatic nitrogens is 1. The first kappa shape index (κ1) is 16.7. The number of aliphatic hydroxyl groups is 1. The van der Waals surface area contributed by atoms with E-state index in [2.05, 4.69) is 22.8 Å². The molecule has 27 heavy (non-hydrogen) atoms. The van der Waals surface area contributed by atoms with Crippen LogP contribution in [0, 0.1) is 11.8 Å². The monoisotopic (exact) mass is 365 g/mol. The Balaban J connectivity index is 1.33. The van der Waals surface area contributed by atoms with Gasteiger partial charge < -0.3 is 15.0 Å². The molecule has 5 rings (SSSR count). The van der Waals surface area contributed by atoms with Crippen LogP contribution in [0.3, 0.4) is 0 Å². The molecule has 1 aromatic heterocycles. The quantitative estimate of drug-likeness (QED) is 0.735. The summed E-state index contributed by atoms with van der Waals surface area (Å²) >= 11 is 0. The molecule has 0 saturated carbocycles. The predicted molar refractivity (Wildman–Crippen MR) is 100 cm³/mol. The average molecular weight is 365 g/mol. The van der Waals surface area contributed by atoms with E-state index in [-0.39, 0.29) is 42.0 Å². The van der Waals surface area contributed by atoms with Crippen molar-refractivity contribution in [3.63, 3.8) is 0 Å². The molecule has 6 heteroatoms. The van der Waals surface area contributed by atoms with Crippen LogP contribution in [-0.2, 0) is 24.2 Å². The number of hydrogen-bond donors (Lipinski definition) is 3. The van der Waals surface area contributed by atoms with Crippen molar-refractivity contribution in [1.29, 1.82) is 0 Å². The first-order valence-electron chi connectivity index (χ1n) is 9.59. The largest absolute Gasteiger partial charge is 0.396 e. The molecule has 0 radical (unpaired) electrons. The van der Waals surface area contributed by atoms with Gasteiger partial charge in [0.1, 0.15) is 0 Å². The molecule has 3 aliphatic rings. The zero-order valence-electron chi connectivity index (χ0n) is 15.0. The summed E-state index contributed by atoms with van der Waals surface area (Å²) in [6, 6.07) is 13.2. The lowest BCUT2D eigenvalue weighted by molar-refractivity contribution is -0.125. The van der Waals surface area contributed by atoms with Gasteiger partial charge in [-0.25, -0.2) is 0 Å². The lowest BCUT2D eigenvalue weighted by Crippen LogP contribution is -2.49. The number of carbonyl (C=O) groups is 1. The molecule has 0 unspecified atom stereocenters. The molecular weight excluding hydrogens is 342 g/mol. The van der Waals surface area contributed by atoms with E-state index in [4.69, 9.17) is 0 Å². The summed E-state index contributed by atoms with van der Waals surface area (Å²) in [6.07, 6.45) is 1.70. The molecule has 140 valence electrons. The second-order valence-corrected chi connectivity index (χ2v) is 7.91. The highest BCUT2D eigenvalue weighted by atomic mass is 16.3. The molecule has 1 aliphatic carbocycles. The van der Waals surface area contributed by atoms with Crippen molar-refractivity contribution in [1.82, 2.24) is 15.2 Å². The number of benzene rings is 1. The van der Waals surface area contributed by atoms with Crippen LogP contribution in [0.5, 0.6) is 0 Å². The van der Waals surface area contributed by atoms with Gasteiger partial charge in [-0.15, -0.1) is 0 Å². The molecule has 4 atom stereocenters. The number of nitrogens with one attached hydrogen (secondary N) is 2. The maximum absolute atomic E-state index is 13.0. The van der Waals surface area contributed by atoms with Gasteiger partial charge in [0.2, 0.25) is 5.91 Å². The third-order valence-corrected chi connectivity index (χ3v) is 6.45. The van der Waals surface area contributed by atoms with Gasteiger partial charge in [-0.3, -0.25) is 14.9 Å². The normalized spacial score (nSPS) is 28.6. The lowest BCUT2D eigenvalue weighted by Gasteiger charge is -2.23. The molecule has 1 fully saturated rings. The minimum atomic E-state index is -0.433. The summed E-state index contributed by atoms with van der Waals surface area (Å²) in [7, 11) is 0. The van der Waals surface area contributed by atoms with Crippen LogP contribution in [-0.4, -0.2) is 34.3 Å². The predicted octanol–water partition coefficient (Wildman–Crippen LogP) is 0.383. The number of hydrogen-bond acceptors (Lipinski definition) is 4. The van der Waals surface area contributed by atoms with Gasteiger partial charge >= 0.3 is 0 Å². The minimum absolute atomic E-state index is 0.0230. The first-order chi connectivity index (χ1) is 13.2. The number of aliphatic hydroxyl groups excluding tert-OH is 1. The van der Waals surface area contributed by atoms with Gasteiger partial charge in [0.05, 0.1) is 12.1 Å². The minimum Gasteiger partial charge on any atom is -0.396 e. The molecule has 6 nitrogen and oxygen atoms in total. The Bertz CT molecular complexity index is 929. The number of carbonyl (C=O) groups excluding carboxylic acids is 1. The van der Waals surface area contributed by atoms with Gasteiger partial charge in [0.25, 0.3) is 5.56 Å². The fraction of sp³-hybridized carbons (Fsp3) is 0.429. The number of nitrogens with zero attached hydrogens (tertiary/aromatic N) is 1. The van der Waals surface area contributed by atoms with Crippen LogP contribution < -0.4 is 16.2 Å². The number of rotatable bonds is 3. The summed E-state index contributed by atoms with van der Waals surface area (Å²) in [5.74, 6) is -0.189. The third kappa shape index (κ3) is 2.63. The third-order valence-electron chi connectivity index (χ3n) is 6.45. The fourth-order valence-electron chi connectivity index (χ4n) is 5.16. The van der Waals surface area contributed by atoms with Crippen LogP contribution in [0.25, 0.3) is 0 Å². The van der Waals surface area contributed by atoms with Crippen molar-refractivity contribution in [2.45, 2.75) is 37.5 Å². The Hall–Kier alpha value is -2.44. The Morgan fingerprint density at radius 2 is 1.89 bits per heavy atom. The van der Waals surface area contributed by atoms with Crippen LogP contribution in [0.1, 0.15) is 22.9 Å². The van der Waals surface area contributed by atoms with Crippen LogP contribution in [0.15, 0.2) is 47.3 Å². The Morgan fingerprint density at radius 1 is 1.15 bits per heavy atom. The average Bonchev–Trinajstić information content (AvgIpc) is 3.32. The molecular formula is C21H23N3O3. The smallest absolute Gasteiger partial charge is 0.250 e. The van der Waals surface area contributed by atoms with E-state index in [1.165, 1.54) is 11.1 Å². The maximum atomic E-state index is 13.0. The maximum Gasteiger partial charge on any atom is 0.250 e. The van der Waals surface area contributed by atoms with Gasteiger partial charge in [-0.2, -0.15) is 0 Å². The number of amides is 1. The van der Waals surface area contributed by atoms with Crippen LogP contribution in [0.4, 0.5) is 0 Å². The fourth-order valence-corrected chi connectivity index (χ4v) is 5.16. The molecule has 3 heterocycles. The topological polar surface area (TPSA) is 83.4 Å². The van der Waals surface area contributed by atoms with Crippen molar-refractivity contribution in [3.05, 3.63) is 69.6 Å². The SMILES string of the molecule is O=C(NC1Cc2ccccc2C1)[C@H]1N[C@H]2c3cccc(=O)n3C[C@H]2[C@@H]1CO. The van der Waals surface area contributed by atoms with Gasteiger partial charge in [0, 0.05) is 42.8 Å². The lowest BCUT2D eigenvalue weighted by atomic mass is 9.88. The summed E-state index contributed by atoms with van der Waals surface area (Å²) < 4.78 is 1.76. The molecule has 1 saturated heterocycles. The van der Waals surface area contributed by atoms with Crippen molar-refractivity contribution in [2.24, 2.45) is 11.8 Å². The van der Waals surface area contributed by atoms with Crippen molar-refractivity contribution in [2.75, 3.05) is 6.61 Å². The van der Waals surface area contributed by atoms with E-state index in [0.29, 0.717) is 6.54 Å². The van der Waals surface area contributed by atoms with Crippen LogP contribution in [0.2, 0.25) is 0 Å². The van der Waals surface area contributed by atoms with Gasteiger partial charge in [-0.1, -0.05) is 30.3 Å². The molecule has 2 aromatic rings. The first-order valence-corrected chi connectivity index (χ1v) is 9.59. The van der Waals surface area contributed by atoms with Gasteiger partial charge in [-0.05, 0) is 30.0 Å². The van der Waals surface area contributed by atoms with E-state index in [9.17, 15) is 14.7 Å². The second kappa shape index (κ2) is 6.32. The Morgan fingerprint density at radius 3 is 2.59 bits per heavy atom. The van der Waals surface area contributed by atoms with E-state index in [1.54, 1.807) is 16.7 Å². The van der Waals surface area contributed by atoms with E-state index in [0.717, 1.165) is 18.5 Å². The highest BCUT2D eigenvalue weighted by Gasteiger charge is 2.50. The van der Waals surface area contributed by atoms with Crippen molar-refractivity contribution < 1.29 is 9.90 Å². The number of fused-ring (bicyclic) bond motifs is 4. The van der Waals surface area contributed by atoms with Gasteiger partial charge in [0.15, 0.2) is 0 Å². The summed E-state index contributed by atoms with van der Waals surface area (Å²) in [4.78, 5) is 25.1. The van der Waals surface area contributed by atoms with Crippen LogP contribution >= 0.6 is 0 Å². The second-order valence-electron chi connectivity index (χ2n) is 7.91. The Kier molecular flexibility index (Phi) is 3.91. The zero-order chi connectivity index (χ0) is 18.5.